The molecule has 1 saturated carbocycles. The molecule has 0 bridgehead atoms. The number of amides is 1. The van der Waals surface area contributed by atoms with E-state index in [2.05, 4.69) is 35.9 Å². The maximum Gasteiger partial charge on any atom is 0.223 e. The minimum atomic E-state index is 0.137. The molecule has 170 valence electrons. The summed E-state index contributed by atoms with van der Waals surface area (Å²) in [6.45, 7) is 16.7. The van der Waals surface area contributed by atoms with E-state index in [1.807, 2.05) is 6.92 Å². The van der Waals surface area contributed by atoms with E-state index in [0.717, 1.165) is 44.8 Å². The Morgan fingerprint density at radius 1 is 0.966 bits per heavy atom. The molecule has 1 amide bonds. The lowest BCUT2D eigenvalue weighted by molar-refractivity contribution is -0.127. The summed E-state index contributed by atoms with van der Waals surface area (Å²) in [6.07, 6.45) is 9.72. The van der Waals surface area contributed by atoms with E-state index >= 15 is 0 Å². The average Bonchev–Trinajstić information content (AvgIpc) is 2.67. The van der Waals surface area contributed by atoms with Crippen LogP contribution in [0.3, 0.4) is 0 Å². The van der Waals surface area contributed by atoms with Crippen molar-refractivity contribution in [2.75, 3.05) is 45.9 Å². The molecule has 1 N–H and O–H groups in total. The molecule has 5 heteroatoms. The van der Waals surface area contributed by atoms with E-state index in [-0.39, 0.29) is 11.8 Å². The van der Waals surface area contributed by atoms with Gasteiger partial charge in [0, 0.05) is 51.2 Å². The van der Waals surface area contributed by atoms with E-state index in [0.29, 0.717) is 12.1 Å². The first kappa shape index (κ1) is 24.6. The van der Waals surface area contributed by atoms with Crippen LogP contribution in [0.1, 0.15) is 79.1 Å². The highest BCUT2D eigenvalue weighted by molar-refractivity contribution is 5.78. The summed E-state index contributed by atoms with van der Waals surface area (Å²) >= 11 is 0. The van der Waals surface area contributed by atoms with Gasteiger partial charge in [-0.15, -0.1) is 0 Å². The molecule has 0 aromatic carbocycles. The van der Waals surface area contributed by atoms with Crippen molar-refractivity contribution in [1.82, 2.24) is 15.1 Å². The Kier molecular flexibility index (Phi) is 11.6. The molecule has 29 heavy (non-hydrogen) atoms. The lowest BCUT2D eigenvalue weighted by Crippen LogP contribution is -2.50. The molecule has 0 radical (unpaired) electrons. The Morgan fingerprint density at radius 2 is 1.55 bits per heavy atom. The molecule has 2 rings (SSSR count). The van der Waals surface area contributed by atoms with Crippen molar-refractivity contribution in [3.8, 4) is 0 Å². The Hall–Kier alpha value is -0.650. The SMILES string of the molecule is CCCC(CCC)CN1CCN(CCOC2CC(NC(=O)C(C)CCC)C2)CC1. The molecule has 2 aliphatic rings. The van der Waals surface area contributed by atoms with Gasteiger partial charge < -0.3 is 15.0 Å². The summed E-state index contributed by atoms with van der Waals surface area (Å²) in [5.41, 5.74) is 0. The third-order valence-corrected chi connectivity index (χ3v) is 6.75. The second kappa shape index (κ2) is 13.6. The second-order valence-corrected chi connectivity index (χ2v) is 9.45. The summed E-state index contributed by atoms with van der Waals surface area (Å²) in [4.78, 5) is 17.3. The second-order valence-electron chi connectivity index (χ2n) is 9.45. The number of carbonyl (C=O) groups is 1. The van der Waals surface area contributed by atoms with Crippen molar-refractivity contribution < 1.29 is 9.53 Å². The number of hydrogen-bond donors (Lipinski definition) is 1. The van der Waals surface area contributed by atoms with Crippen LogP contribution in [-0.4, -0.2) is 73.7 Å². The van der Waals surface area contributed by atoms with Crippen molar-refractivity contribution in [3.05, 3.63) is 0 Å². The topological polar surface area (TPSA) is 44.8 Å². The molecule has 1 saturated heterocycles. The molecule has 1 aliphatic carbocycles. The fraction of sp³-hybridized carbons (Fsp3) is 0.958. The van der Waals surface area contributed by atoms with Crippen LogP contribution in [0.4, 0.5) is 0 Å². The first-order chi connectivity index (χ1) is 14.0. The molecule has 1 heterocycles. The number of ether oxygens (including phenoxy) is 1. The molecule has 1 atom stereocenters. The van der Waals surface area contributed by atoms with Gasteiger partial charge >= 0.3 is 0 Å². The number of nitrogens with one attached hydrogen (secondary N) is 1. The predicted octanol–water partition coefficient (Wildman–Crippen LogP) is 3.92. The van der Waals surface area contributed by atoms with Crippen LogP contribution in [0.25, 0.3) is 0 Å². The van der Waals surface area contributed by atoms with Crippen LogP contribution in [0.15, 0.2) is 0 Å². The van der Waals surface area contributed by atoms with Gasteiger partial charge in [0.15, 0.2) is 0 Å². The van der Waals surface area contributed by atoms with Gasteiger partial charge in [0.05, 0.1) is 12.7 Å². The Morgan fingerprint density at radius 3 is 2.14 bits per heavy atom. The van der Waals surface area contributed by atoms with E-state index in [1.165, 1.54) is 58.4 Å². The van der Waals surface area contributed by atoms with Crippen LogP contribution < -0.4 is 5.32 Å². The maximum absolute atomic E-state index is 12.1. The predicted molar refractivity (Wildman–Crippen MR) is 121 cm³/mol. The average molecular weight is 410 g/mol. The van der Waals surface area contributed by atoms with Crippen molar-refractivity contribution in [1.29, 1.82) is 0 Å². The zero-order valence-electron chi connectivity index (χ0n) is 19.6. The third-order valence-electron chi connectivity index (χ3n) is 6.75. The van der Waals surface area contributed by atoms with E-state index in [9.17, 15) is 4.79 Å². The van der Waals surface area contributed by atoms with Crippen LogP contribution in [-0.2, 0) is 9.53 Å². The Labute approximate surface area is 179 Å². The van der Waals surface area contributed by atoms with Gasteiger partial charge in [-0.05, 0) is 38.0 Å². The standard InChI is InChI=1S/C24H47N3O2/c1-5-8-20(4)24(28)25-22-17-23(18-22)29-16-15-26-11-13-27(14-12-26)19-21(9-6-2)10-7-3/h20-23H,5-19H2,1-4H3,(H,25,28). The number of piperazine rings is 1. The summed E-state index contributed by atoms with van der Waals surface area (Å²) < 4.78 is 6.05. The van der Waals surface area contributed by atoms with Crippen LogP contribution >= 0.6 is 0 Å². The van der Waals surface area contributed by atoms with Gasteiger partial charge in [0.2, 0.25) is 5.91 Å². The number of rotatable bonds is 14. The highest BCUT2D eigenvalue weighted by Gasteiger charge is 2.32. The van der Waals surface area contributed by atoms with E-state index in [1.54, 1.807) is 0 Å². The summed E-state index contributed by atoms with van der Waals surface area (Å²) in [5, 5.41) is 3.17. The smallest absolute Gasteiger partial charge is 0.223 e. The van der Waals surface area contributed by atoms with Gasteiger partial charge in [-0.25, -0.2) is 0 Å². The number of hydrogen-bond acceptors (Lipinski definition) is 4. The molecule has 1 aliphatic heterocycles. The van der Waals surface area contributed by atoms with Crippen LogP contribution in [0.2, 0.25) is 0 Å². The molecule has 5 nitrogen and oxygen atoms in total. The molecule has 2 fully saturated rings. The summed E-state index contributed by atoms with van der Waals surface area (Å²) in [7, 11) is 0. The van der Waals surface area contributed by atoms with E-state index < -0.39 is 0 Å². The largest absolute Gasteiger partial charge is 0.377 e. The zero-order valence-corrected chi connectivity index (χ0v) is 19.6. The fourth-order valence-corrected chi connectivity index (χ4v) is 4.78. The van der Waals surface area contributed by atoms with Crippen molar-refractivity contribution >= 4 is 5.91 Å². The minimum absolute atomic E-state index is 0.137. The molecule has 0 aromatic heterocycles. The summed E-state index contributed by atoms with van der Waals surface area (Å²) in [6, 6.07) is 0.328. The molecular weight excluding hydrogens is 362 g/mol. The lowest BCUT2D eigenvalue weighted by Gasteiger charge is -2.38. The van der Waals surface area contributed by atoms with Gasteiger partial charge in [-0.3, -0.25) is 9.69 Å². The lowest BCUT2D eigenvalue weighted by atomic mass is 9.88. The highest BCUT2D eigenvalue weighted by atomic mass is 16.5. The molecule has 0 aromatic rings. The van der Waals surface area contributed by atoms with Crippen molar-refractivity contribution in [3.63, 3.8) is 0 Å². The van der Waals surface area contributed by atoms with Gasteiger partial charge in [-0.1, -0.05) is 47.0 Å². The maximum atomic E-state index is 12.1. The van der Waals surface area contributed by atoms with Crippen molar-refractivity contribution in [2.45, 2.75) is 91.2 Å². The minimum Gasteiger partial charge on any atom is -0.377 e. The van der Waals surface area contributed by atoms with E-state index in [4.69, 9.17) is 4.74 Å². The highest BCUT2D eigenvalue weighted by Crippen LogP contribution is 2.24. The Bertz CT molecular complexity index is 439. The number of nitrogens with zero attached hydrogens (tertiary/aromatic N) is 2. The van der Waals surface area contributed by atoms with Gasteiger partial charge in [-0.2, -0.15) is 0 Å². The van der Waals surface area contributed by atoms with Crippen molar-refractivity contribution in [2.24, 2.45) is 11.8 Å². The summed E-state index contributed by atoms with van der Waals surface area (Å²) in [5.74, 6) is 1.24. The van der Waals surface area contributed by atoms with Gasteiger partial charge in [0.1, 0.15) is 0 Å². The van der Waals surface area contributed by atoms with Crippen LogP contribution in [0.5, 0.6) is 0 Å². The monoisotopic (exact) mass is 409 g/mol. The zero-order chi connectivity index (χ0) is 21.1. The quantitative estimate of drug-likeness (QED) is 0.472. The van der Waals surface area contributed by atoms with Crippen LogP contribution in [0, 0.1) is 11.8 Å². The van der Waals surface area contributed by atoms with Gasteiger partial charge in [0.25, 0.3) is 0 Å². The fourth-order valence-electron chi connectivity index (χ4n) is 4.78. The molecule has 1 unspecified atom stereocenters. The first-order valence-electron chi connectivity index (χ1n) is 12.4. The first-order valence-corrected chi connectivity index (χ1v) is 12.4. The number of carbonyl (C=O) groups excluding carboxylic acids is 1. The molecular formula is C24H47N3O2. The normalized spacial score (nSPS) is 24.4. The molecule has 0 spiro atoms. The third kappa shape index (κ3) is 8.94. The Balaban J connectivity index is 1.51.